The van der Waals surface area contributed by atoms with Crippen molar-refractivity contribution in [3.05, 3.63) is 64.9 Å². The number of hydrogen-bond donors (Lipinski definition) is 1. The van der Waals surface area contributed by atoms with Crippen LogP contribution < -0.4 is 5.32 Å². The molecule has 0 aliphatic carbocycles. The first-order valence-corrected chi connectivity index (χ1v) is 10.9. The first-order chi connectivity index (χ1) is 15.0. The molecule has 0 radical (unpaired) electrons. The Bertz CT molecular complexity index is 1110. The molecule has 162 valence electrons. The molecule has 1 aromatic heterocycles. The van der Waals surface area contributed by atoms with Gasteiger partial charge in [-0.3, -0.25) is 4.79 Å². The molecule has 1 N–H and O–H groups in total. The van der Waals surface area contributed by atoms with E-state index in [1.165, 1.54) is 0 Å². The summed E-state index contributed by atoms with van der Waals surface area (Å²) in [6.07, 6.45) is 2.81. The lowest BCUT2D eigenvalue weighted by molar-refractivity contribution is 0.0793. The molecule has 1 fully saturated rings. The summed E-state index contributed by atoms with van der Waals surface area (Å²) in [5.41, 5.74) is 3.86. The molecule has 1 aliphatic rings. The Kier molecular flexibility index (Phi) is 5.98. The van der Waals surface area contributed by atoms with E-state index in [1.54, 1.807) is 18.0 Å². The van der Waals surface area contributed by atoms with Crippen molar-refractivity contribution in [2.45, 2.75) is 39.7 Å². The van der Waals surface area contributed by atoms with Crippen molar-refractivity contribution in [2.75, 3.05) is 25.5 Å². The van der Waals surface area contributed by atoms with Gasteiger partial charge in [-0.15, -0.1) is 0 Å². The Labute approximate surface area is 182 Å². The van der Waals surface area contributed by atoms with E-state index < -0.39 is 0 Å². The van der Waals surface area contributed by atoms with Crippen molar-refractivity contribution in [3.8, 4) is 0 Å². The van der Waals surface area contributed by atoms with Gasteiger partial charge in [-0.25, -0.2) is 4.79 Å². The summed E-state index contributed by atoms with van der Waals surface area (Å²) in [5.74, 6) is 0.879. The first kappa shape index (κ1) is 21.0. The molecule has 0 spiro atoms. The number of amides is 3. The number of likely N-dealkylation sites (tertiary alicyclic amines) is 1. The van der Waals surface area contributed by atoms with E-state index in [0.717, 1.165) is 60.2 Å². The summed E-state index contributed by atoms with van der Waals surface area (Å²) >= 11 is 0. The van der Waals surface area contributed by atoms with E-state index in [9.17, 15) is 9.59 Å². The smallest absolute Gasteiger partial charge is 0.321 e. The van der Waals surface area contributed by atoms with Crippen LogP contribution in [0.15, 0.2) is 46.9 Å². The molecule has 3 aromatic rings. The summed E-state index contributed by atoms with van der Waals surface area (Å²) in [5, 5.41) is 3.99. The van der Waals surface area contributed by atoms with Crippen molar-refractivity contribution in [1.82, 2.24) is 9.80 Å². The van der Waals surface area contributed by atoms with Crippen LogP contribution in [0.4, 0.5) is 10.5 Å². The molecule has 0 saturated carbocycles. The van der Waals surface area contributed by atoms with E-state index >= 15 is 0 Å². The van der Waals surface area contributed by atoms with Gasteiger partial charge < -0.3 is 19.5 Å². The van der Waals surface area contributed by atoms with E-state index in [4.69, 9.17) is 4.42 Å². The standard InChI is InChI=1S/C25H29N3O3/c1-4-21-19(18-11-5-6-13-22(18)31-21)16-27(3)25(30)26-20-12-9-10-17(2)23(20)24(29)28-14-7-8-15-28/h5-6,9-13H,4,7-8,14-16H2,1-3H3,(H,26,30). The number of carbonyl (C=O) groups is 2. The highest BCUT2D eigenvalue weighted by molar-refractivity contribution is 6.04. The normalized spacial score (nSPS) is 13.6. The molecule has 6 heteroatoms. The minimum atomic E-state index is -0.256. The van der Waals surface area contributed by atoms with Gasteiger partial charge in [0.2, 0.25) is 0 Å². The van der Waals surface area contributed by atoms with Crippen LogP contribution in [0.5, 0.6) is 0 Å². The van der Waals surface area contributed by atoms with E-state index in [1.807, 2.05) is 55.1 Å². The van der Waals surface area contributed by atoms with Crippen LogP contribution >= 0.6 is 0 Å². The monoisotopic (exact) mass is 419 g/mol. The number of benzene rings is 2. The summed E-state index contributed by atoms with van der Waals surface area (Å²) in [6.45, 7) is 5.92. The van der Waals surface area contributed by atoms with Gasteiger partial charge in [-0.2, -0.15) is 0 Å². The first-order valence-electron chi connectivity index (χ1n) is 10.9. The zero-order valence-corrected chi connectivity index (χ0v) is 18.4. The number of furan rings is 1. The molecule has 3 amide bonds. The summed E-state index contributed by atoms with van der Waals surface area (Å²) in [4.78, 5) is 29.6. The van der Waals surface area contributed by atoms with Crippen molar-refractivity contribution in [1.29, 1.82) is 0 Å². The number of para-hydroxylation sites is 1. The van der Waals surface area contributed by atoms with Crippen LogP contribution in [0.25, 0.3) is 11.0 Å². The van der Waals surface area contributed by atoms with Crippen molar-refractivity contribution in [3.63, 3.8) is 0 Å². The highest BCUT2D eigenvalue weighted by Gasteiger charge is 2.25. The molecule has 31 heavy (non-hydrogen) atoms. The van der Waals surface area contributed by atoms with Gasteiger partial charge in [-0.05, 0) is 37.5 Å². The van der Waals surface area contributed by atoms with E-state index in [2.05, 4.69) is 5.32 Å². The number of carbonyl (C=O) groups excluding carboxylic acids is 2. The minimum Gasteiger partial charge on any atom is -0.461 e. The van der Waals surface area contributed by atoms with Gasteiger partial charge in [0, 0.05) is 37.5 Å². The second kappa shape index (κ2) is 8.84. The van der Waals surface area contributed by atoms with Crippen LogP contribution in [0.3, 0.4) is 0 Å². The predicted molar refractivity (Wildman–Crippen MR) is 122 cm³/mol. The van der Waals surface area contributed by atoms with Gasteiger partial charge in [0.05, 0.1) is 17.8 Å². The maximum absolute atomic E-state index is 13.1. The Balaban J connectivity index is 1.55. The number of urea groups is 1. The average Bonchev–Trinajstić information content (AvgIpc) is 3.42. The topological polar surface area (TPSA) is 65.8 Å². The number of anilines is 1. The van der Waals surface area contributed by atoms with Crippen LogP contribution in [-0.2, 0) is 13.0 Å². The second-order valence-corrected chi connectivity index (χ2v) is 8.14. The Morgan fingerprint density at radius 3 is 2.58 bits per heavy atom. The van der Waals surface area contributed by atoms with Crippen LogP contribution in [0, 0.1) is 6.92 Å². The average molecular weight is 420 g/mol. The van der Waals surface area contributed by atoms with Crippen molar-refractivity contribution >= 4 is 28.6 Å². The fourth-order valence-electron chi connectivity index (χ4n) is 4.26. The van der Waals surface area contributed by atoms with Gasteiger partial charge >= 0.3 is 6.03 Å². The number of nitrogens with zero attached hydrogens (tertiary/aromatic N) is 2. The SMILES string of the molecule is CCc1oc2ccccc2c1CN(C)C(=O)Nc1cccc(C)c1C(=O)N1CCCC1. The highest BCUT2D eigenvalue weighted by Crippen LogP contribution is 2.28. The molecule has 0 unspecified atom stereocenters. The molecule has 0 bridgehead atoms. The summed E-state index contributed by atoms with van der Waals surface area (Å²) in [7, 11) is 1.76. The Morgan fingerprint density at radius 1 is 1.10 bits per heavy atom. The van der Waals surface area contributed by atoms with Crippen molar-refractivity contribution < 1.29 is 14.0 Å². The largest absolute Gasteiger partial charge is 0.461 e. The van der Waals surface area contributed by atoms with Crippen LogP contribution in [-0.4, -0.2) is 41.9 Å². The maximum atomic E-state index is 13.1. The summed E-state index contributed by atoms with van der Waals surface area (Å²) < 4.78 is 5.96. The number of fused-ring (bicyclic) bond motifs is 1. The zero-order valence-electron chi connectivity index (χ0n) is 18.4. The van der Waals surface area contributed by atoms with Crippen LogP contribution in [0.1, 0.15) is 47.0 Å². The lowest BCUT2D eigenvalue weighted by Gasteiger charge is -2.22. The van der Waals surface area contributed by atoms with Gasteiger partial charge in [0.25, 0.3) is 5.91 Å². The van der Waals surface area contributed by atoms with Gasteiger partial charge in [0.15, 0.2) is 0 Å². The molecule has 0 atom stereocenters. The molecular formula is C25H29N3O3. The Morgan fingerprint density at radius 2 is 1.84 bits per heavy atom. The molecule has 1 saturated heterocycles. The lowest BCUT2D eigenvalue weighted by Crippen LogP contribution is -2.33. The zero-order chi connectivity index (χ0) is 22.0. The van der Waals surface area contributed by atoms with Gasteiger partial charge in [0.1, 0.15) is 11.3 Å². The maximum Gasteiger partial charge on any atom is 0.321 e. The number of rotatable bonds is 5. The summed E-state index contributed by atoms with van der Waals surface area (Å²) in [6, 6.07) is 13.2. The highest BCUT2D eigenvalue weighted by atomic mass is 16.3. The molecule has 4 rings (SSSR count). The quantitative estimate of drug-likeness (QED) is 0.618. The molecule has 6 nitrogen and oxygen atoms in total. The van der Waals surface area contributed by atoms with Crippen molar-refractivity contribution in [2.24, 2.45) is 0 Å². The van der Waals surface area contributed by atoms with Crippen LogP contribution in [0.2, 0.25) is 0 Å². The lowest BCUT2D eigenvalue weighted by atomic mass is 10.0. The Hall–Kier alpha value is -3.28. The van der Waals surface area contributed by atoms with E-state index in [-0.39, 0.29) is 11.9 Å². The third-order valence-electron chi connectivity index (χ3n) is 5.97. The molecule has 1 aliphatic heterocycles. The molecule has 2 aromatic carbocycles. The second-order valence-electron chi connectivity index (χ2n) is 8.14. The fraction of sp³-hybridized carbons (Fsp3) is 0.360. The molecule has 2 heterocycles. The number of nitrogens with one attached hydrogen (secondary N) is 1. The van der Waals surface area contributed by atoms with Gasteiger partial charge in [-0.1, -0.05) is 37.3 Å². The fourth-order valence-corrected chi connectivity index (χ4v) is 4.26. The minimum absolute atomic E-state index is 0.0114. The predicted octanol–water partition coefficient (Wildman–Crippen LogP) is 5.20. The third kappa shape index (κ3) is 4.15. The number of aryl methyl sites for hydroxylation is 2. The third-order valence-corrected chi connectivity index (χ3v) is 5.97. The van der Waals surface area contributed by atoms with E-state index in [0.29, 0.717) is 17.8 Å². The molecular weight excluding hydrogens is 390 g/mol. The number of hydrogen-bond acceptors (Lipinski definition) is 3.